The number of anilines is 1. The minimum atomic E-state index is -0.596. The Morgan fingerprint density at radius 1 is 1.47 bits per heavy atom. The molecule has 19 heavy (non-hydrogen) atoms. The molecule has 6 nitrogen and oxygen atoms in total. The quantitative estimate of drug-likeness (QED) is 0.637. The monoisotopic (exact) mass is 267 g/mol. The summed E-state index contributed by atoms with van der Waals surface area (Å²) in [5.41, 5.74) is 0.164. The number of ether oxygens (including phenoxy) is 1. The summed E-state index contributed by atoms with van der Waals surface area (Å²) in [6.45, 7) is 2.72. The summed E-state index contributed by atoms with van der Waals surface area (Å²) in [5, 5.41) is 13.9. The van der Waals surface area contributed by atoms with Crippen LogP contribution >= 0.6 is 0 Å². The zero-order valence-electron chi connectivity index (χ0n) is 10.2. The Labute approximate surface area is 109 Å². The van der Waals surface area contributed by atoms with Crippen molar-refractivity contribution in [3.05, 3.63) is 34.1 Å². The largest absolute Gasteiger partial charge is 0.373 e. The van der Waals surface area contributed by atoms with Crippen LogP contribution in [0.15, 0.2) is 18.2 Å². The predicted molar refractivity (Wildman–Crippen MR) is 66.8 cm³/mol. The molecule has 2 saturated heterocycles. The first-order valence-electron chi connectivity index (χ1n) is 6.19. The van der Waals surface area contributed by atoms with Gasteiger partial charge >= 0.3 is 0 Å². The maximum atomic E-state index is 13.9. The highest BCUT2D eigenvalue weighted by Crippen LogP contribution is 2.28. The predicted octanol–water partition coefficient (Wildman–Crippen LogP) is 0.911. The van der Waals surface area contributed by atoms with Crippen molar-refractivity contribution in [3.8, 4) is 0 Å². The number of benzene rings is 1. The number of hydrogen-bond donors (Lipinski definition) is 1. The molecule has 2 fully saturated rings. The number of nitrogens with zero attached hydrogens (tertiary/aromatic N) is 2. The van der Waals surface area contributed by atoms with Gasteiger partial charge < -0.3 is 15.0 Å². The van der Waals surface area contributed by atoms with Crippen LogP contribution in [0.2, 0.25) is 0 Å². The average molecular weight is 267 g/mol. The van der Waals surface area contributed by atoms with E-state index in [0.29, 0.717) is 25.4 Å². The Balaban J connectivity index is 1.81. The van der Waals surface area contributed by atoms with Gasteiger partial charge in [-0.1, -0.05) is 0 Å². The van der Waals surface area contributed by atoms with E-state index in [0.717, 1.165) is 12.6 Å². The Hall–Kier alpha value is -1.73. The molecule has 0 amide bonds. The SMILES string of the molecule is O=[N+]([O-])c1ccc(N2CC3NCCOC3C2)c(F)c1. The molecule has 2 aliphatic heterocycles. The van der Waals surface area contributed by atoms with Crippen LogP contribution < -0.4 is 10.2 Å². The molecular weight excluding hydrogens is 253 g/mol. The Morgan fingerprint density at radius 2 is 2.32 bits per heavy atom. The number of rotatable bonds is 2. The first-order chi connectivity index (χ1) is 9.15. The van der Waals surface area contributed by atoms with Crippen LogP contribution in [-0.2, 0) is 4.74 Å². The van der Waals surface area contributed by atoms with Crippen molar-refractivity contribution in [2.75, 3.05) is 31.1 Å². The van der Waals surface area contributed by atoms with E-state index in [4.69, 9.17) is 4.74 Å². The second kappa shape index (κ2) is 4.75. The number of fused-ring (bicyclic) bond motifs is 1. The number of nitro benzene ring substituents is 1. The maximum Gasteiger partial charge on any atom is 0.272 e. The lowest BCUT2D eigenvalue weighted by Gasteiger charge is -2.25. The van der Waals surface area contributed by atoms with E-state index in [1.54, 1.807) is 0 Å². The molecule has 0 aromatic heterocycles. The third-order valence-electron chi connectivity index (χ3n) is 3.59. The second-order valence-corrected chi connectivity index (χ2v) is 4.77. The Bertz CT molecular complexity index is 497. The molecule has 0 spiro atoms. The molecule has 2 atom stereocenters. The molecule has 3 rings (SSSR count). The van der Waals surface area contributed by atoms with Gasteiger partial charge in [0.25, 0.3) is 5.69 Å². The highest BCUT2D eigenvalue weighted by Gasteiger charge is 2.36. The first kappa shape index (κ1) is 12.3. The first-order valence-corrected chi connectivity index (χ1v) is 6.19. The lowest BCUT2D eigenvalue weighted by Crippen LogP contribution is -2.47. The van der Waals surface area contributed by atoms with Crippen molar-refractivity contribution in [1.29, 1.82) is 0 Å². The summed E-state index contributed by atoms with van der Waals surface area (Å²) in [4.78, 5) is 11.9. The molecule has 0 saturated carbocycles. The minimum absolute atomic E-state index is 0.0586. The van der Waals surface area contributed by atoms with Crippen LogP contribution in [0, 0.1) is 15.9 Å². The fraction of sp³-hybridized carbons (Fsp3) is 0.500. The number of non-ortho nitro benzene ring substituents is 1. The van der Waals surface area contributed by atoms with Crippen LogP contribution in [0.4, 0.5) is 15.8 Å². The van der Waals surface area contributed by atoms with Crippen LogP contribution in [-0.4, -0.2) is 43.3 Å². The molecule has 1 aromatic rings. The van der Waals surface area contributed by atoms with Crippen molar-refractivity contribution < 1.29 is 14.1 Å². The van der Waals surface area contributed by atoms with E-state index in [1.165, 1.54) is 12.1 Å². The molecule has 0 aliphatic carbocycles. The smallest absolute Gasteiger partial charge is 0.272 e. The van der Waals surface area contributed by atoms with Crippen LogP contribution in [0.25, 0.3) is 0 Å². The van der Waals surface area contributed by atoms with Crippen molar-refractivity contribution in [3.63, 3.8) is 0 Å². The van der Waals surface area contributed by atoms with Gasteiger partial charge in [0.2, 0.25) is 0 Å². The van der Waals surface area contributed by atoms with E-state index in [9.17, 15) is 14.5 Å². The maximum absolute atomic E-state index is 13.9. The van der Waals surface area contributed by atoms with E-state index in [2.05, 4.69) is 5.32 Å². The summed E-state index contributed by atoms with van der Waals surface area (Å²) in [6.07, 6.45) is 0.0586. The average Bonchev–Trinajstić information content (AvgIpc) is 2.81. The van der Waals surface area contributed by atoms with Crippen molar-refractivity contribution in [2.45, 2.75) is 12.1 Å². The zero-order valence-corrected chi connectivity index (χ0v) is 10.2. The van der Waals surface area contributed by atoms with Crippen molar-refractivity contribution in [1.82, 2.24) is 5.32 Å². The molecule has 0 radical (unpaired) electrons. The van der Waals surface area contributed by atoms with E-state index in [1.807, 2.05) is 4.90 Å². The van der Waals surface area contributed by atoms with Gasteiger partial charge in [-0.2, -0.15) is 0 Å². The molecule has 7 heteroatoms. The van der Waals surface area contributed by atoms with Gasteiger partial charge in [-0.05, 0) is 6.07 Å². The highest BCUT2D eigenvalue weighted by molar-refractivity contribution is 5.53. The molecule has 2 aliphatic rings. The van der Waals surface area contributed by atoms with Gasteiger partial charge in [0.05, 0.1) is 35.4 Å². The third kappa shape index (κ3) is 2.26. The number of nitrogens with one attached hydrogen (secondary N) is 1. The lowest BCUT2D eigenvalue weighted by atomic mass is 10.2. The zero-order chi connectivity index (χ0) is 13.4. The summed E-state index contributed by atoms with van der Waals surface area (Å²) in [6, 6.07) is 3.95. The fourth-order valence-electron chi connectivity index (χ4n) is 2.66. The number of halogens is 1. The summed E-state index contributed by atoms with van der Waals surface area (Å²) in [7, 11) is 0. The Kier molecular flexibility index (Phi) is 3.08. The molecule has 2 unspecified atom stereocenters. The molecule has 2 heterocycles. The van der Waals surface area contributed by atoms with E-state index >= 15 is 0 Å². The Morgan fingerprint density at radius 3 is 3.00 bits per heavy atom. The van der Waals surface area contributed by atoms with Gasteiger partial charge in [0.15, 0.2) is 5.82 Å². The molecule has 1 aromatic carbocycles. The van der Waals surface area contributed by atoms with E-state index < -0.39 is 10.7 Å². The van der Waals surface area contributed by atoms with Gasteiger partial charge in [-0.3, -0.25) is 10.1 Å². The number of nitro groups is 1. The lowest BCUT2D eigenvalue weighted by molar-refractivity contribution is -0.385. The molecule has 102 valence electrons. The second-order valence-electron chi connectivity index (χ2n) is 4.77. The van der Waals surface area contributed by atoms with Crippen LogP contribution in [0.3, 0.4) is 0 Å². The van der Waals surface area contributed by atoms with Crippen LogP contribution in [0.1, 0.15) is 0 Å². The summed E-state index contributed by atoms with van der Waals surface area (Å²) in [5.74, 6) is -0.562. The van der Waals surface area contributed by atoms with E-state index in [-0.39, 0.29) is 17.8 Å². The highest BCUT2D eigenvalue weighted by atomic mass is 19.1. The normalized spacial score (nSPS) is 26.3. The van der Waals surface area contributed by atoms with Crippen LogP contribution in [0.5, 0.6) is 0 Å². The summed E-state index contributed by atoms with van der Waals surface area (Å²) < 4.78 is 19.6. The van der Waals surface area contributed by atoms with Crippen molar-refractivity contribution in [2.24, 2.45) is 0 Å². The standard InChI is InChI=1S/C12H14FN3O3/c13-9-5-8(16(17)18)1-2-11(9)15-6-10-12(7-15)19-4-3-14-10/h1-2,5,10,12,14H,3-4,6-7H2. The molecule has 1 N–H and O–H groups in total. The topological polar surface area (TPSA) is 67.6 Å². The van der Waals surface area contributed by atoms with Gasteiger partial charge in [-0.25, -0.2) is 4.39 Å². The summed E-state index contributed by atoms with van der Waals surface area (Å²) >= 11 is 0. The number of morpholine rings is 1. The van der Waals surface area contributed by atoms with Gasteiger partial charge in [0.1, 0.15) is 0 Å². The van der Waals surface area contributed by atoms with Crippen molar-refractivity contribution >= 4 is 11.4 Å². The van der Waals surface area contributed by atoms with Gasteiger partial charge in [-0.15, -0.1) is 0 Å². The molecular formula is C12H14FN3O3. The fourth-order valence-corrected chi connectivity index (χ4v) is 2.66. The number of hydrogen-bond acceptors (Lipinski definition) is 5. The minimum Gasteiger partial charge on any atom is -0.373 e. The third-order valence-corrected chi connectivity index (χ3v) is 3.59. The molecule has 0 bridgehead atoms. The van der Waals surface area contributed by atoms with Gasteiger partial charge in [0, 0.05) is 25.7 Å².